The molecule has 0 radical (unpaired) electrons. The van der Waals surface area contributed by atoms with Crippen molar-refractivity contribution in [2.24, 2.45) is 0 Å². The summed E-state index contributed by atoms with van der Waals surface area (Å²) in [5, 5.41) is 32.1. The van der Waals surface area contributed by atoms with Crippen LogP contribution in [0.4, 0.5) is 0 Å². The van der Waals surface area contributed by atoms with Gasteiger partial charge in [0.15, 0.2) is 0 Å². The van der Waals surface area contributed by atoms with E-state index in [1.165, 1.54) is 0 Å². The molecule has 0 aliphatic carbocycles. The largest absolute Gasteiger partial charge is 0.508 e. The maximum Gasteiger partial charge on any atom is 0.122 e. The van der Waals surface area contributed by atoms with Gasteiger partial charge >= 0.3 is 0 Å². The van der Waals surface area contributed by atoms with E-state index in [4.69, 9.17) is 0 Å². The smallest absolute Gasteiger partial charge is 0.122 e. The normalized spacial score (nSPS) is 11.7. The Labute approximate surface area is 192 Å². The predicted octanol–water partition coefficient (Wildman–Crippen LogP) is 7.36. The van der Waals surface area contributed by atoms with Crippen molar-refractivity contribution in [1.29, 1.82) is 0 Å². The van der Waals surface area contributed by atoms with Crippen LogP contribution in [0, 0.1) is 0 Å². The van der Waals surface area contributed by atoms with E-state index in [-0.39, 0.29) is 17.2 Å². The Morgan fingerprint density at radius 3 is 1.19 bits per heavy atom. The molecule has 0 aliphatic rings. The molecule has 0 fully saturated rings. The van der Waals surface area contributed by atoms with Gasteiger partial charge in [0.2, 0.25) is 0 Å². The fourth-order valence-corrected chi connectivity index (χ4v) is 4.01. The fourth-order valence-electron chi connectivity index (χ4n) is 4.01. The average molecular weight is 433 g/mol. The Morgan fingerprint density at radius 2 is 0.844 bits per heavy atom. The van der Waals surface area contributed by atoms with Crippen LogP contribution in [0.3, 0.4) is 0 Å². The molecule has 3 nitrogen and oxygen atoms in total. The molecule has 3 heteroatoms. The van der Waals surface area contributed by atoms with E-state index in [1.807, 2.05) is 36.4 Å². The van der Waals surface area contributed by atoms with Gasteiger partial charge < -0.3 is 15.3 Å². The molecule has 0 aromatic heterocycles. The van der Waals surface area contributed by atoms with Crippen LogP contribution in [0.2, 0.25) is 0 Å². The highest BCUT2D eigenvalue weighted by Gasteiger charge is 2.17. The third kappa shape index (κ3) is 5.27. The van der Waals surface area contributed by atoms with Crippen LogP contribution in [0.5, 0.6) is 17.2 Å². The van der Waals surface area contributed by atoms with E-state index in [9.17, 15) is 15.3 Å². The Morgan fingerprint density at radius 1 is 0.500 bits per heavy atom. The standard InChI is InChI=1S/C29H36O3/c1-17(2)20-7-9-27(30)23(11-20)15-25-13-22(19(5)6)14-26(29(25)32)16-24-12-21(18(3)4)8-10-28(24)31/h7-14,17-19,30-32H,15-16H2,1-6H3. The maximum atomic E-state index is 11.2. The number of aromatic hydroxyl groups is 3. The fraction of sp³-hybridized carbons (Fsp3) is 0.379. The lowest BCUT2D eigenvalue weighted by molar-refractivity contribution is 0.456. The summed E-state index contributed by atoms with van der Waals surface area (Å²) in [5.41, 5.74) is 6.66. The van der Waals surface area contributed by atoms with Gasteiger partial charge in [0, 0.05) is 12.8 Å². The average Bonchev–Trinajstić information content (AvgIpc) is 2.73. The zero-order chi connectivity index (χ0) is 23.6. The summed E-state index contributed by atoms with van der Waals surface area (Å²) in [7, 11) is 0. The summed E-state index contributed by atoms with van der Waals surface area (Å²) in [5.74, 6) is 1.73. The highest BCUT2D eigenvalue weighted by molar-refractivity contribution is 5.52. The first-order valence-corrected chi connectivity index (χ1v) is 11.5. The number of phenolic OH excluding ortho intramolecular Hbond substituents is 3. The van der Waals surface area contributed by atoms with E-state index in [1.54, 1.807) is 12.1 Å². The van der Waals surface area contributed by atoms with Crippen molar-refractivity contribution in [3.63, 3.8) is 0 Å². The van der Waals surface area contributed by atoms with Crippen LogP contribution < -0.4 is 0 Å². The van der Waals surface area contributed by atoms with Gasteiger partial charge in [0.1, 0.15) is 17.2 Å². The van der Waals surface area contributed by atoms with Crippen molar-refractivity contribution in [1.82, 2.24) is 0 Å². The van der Waals surface area contributed by atoms with Gasteiger partial charge in [-0.2, -0.15) is 0 Å². The molecular formula is C29H36O3. The van der Waals surface area contributed by atoms with Crippen molar-refractivity contribution in [3.05, 3.63) is 87.5 Å². The van der Waals surface area contributed by atoms with Gasteiger partial charge in [-0.15, -0.1) is 0 Å². The summed E-state index contributed by atoms with van der Waals surface area (Å²) in [6.07, 6.45) is 0.896. The number of phenols is 3. The van der Waals surface area contributed by atoms with Gasteiger partial charge in [0.05, 0.1) is 0 Å². The van der Waals surface area contributed by atoms with Gasteiger partial charge in [-0.3, -0.25) is 0 Å². The minimum absolute atomic E-state index is 0.234. The number of hydrogen-bond donors (Lipinski definition) is 3. The molecule has 0 atom stereocenters. The lowest BCUT2D eigenvalue weighted by atomic mass is 9.89. The zero-order valence-electron chi connectivity index (χ0n) is 20.1. The van der Waals surface area contributed by atoms with E-state index < -0.39 is 0 Å². The van der Waals surface area contributed by atoms with E-state index in [0.29, 0.717) is 30.6 Å². The van der Waals surface area contributed by atoms with Gasteiger partial charge in [0.25, 0.3) is 0 Å². The summed E-state index contributed by atoms with van der Waals surface area (Å²) >= 11 is 0. The Balaban J connectivity index is 2.05. The van der Waals surface area contributed by atoms with Gasteiger partial charge in [-0.1, -0.05) is 77.9 Å². The topological polar surface area (TPSA) is 60.7 Å². The molecule has 0 heterocycles. The van der Waals surface area contributed by atoms with Crippen LogP contribution in [-0.2, 0) is 12.8 Å². The second kappa shape index (κ2) is 9.68. The maximum absolute atomic E-state index is 11.2. The molecule has 32 heavy (non-hydrogen) atoms. The van der Waals surface area contributed by atoms with Crippen LogP contribution in [0.15, 0.2) is 48.5 Å². The van der Waals surface area contributed by atoms with Gasteiger partial charge in [-0.25, -0.2) is 0 Å². The molecule has 0 aliphatic heterocycles. The third-order valence-corrected chi connectivity index (χ3v) is 6.26. The van der Waals surface area contributed by atoms with Crippen molar-refractivity contribution in [2.45, 2.75) is 72.1 Å². The first kappa shape index (κ1) is 23.7. The van der Waals surface area contributed by atoms with E-state index in [0.717, 1.165) is 38.9 Å². The molecule has 0 bridgehead atoms. The van der Waals surface area contributed by atoms with Crippen LogP contribution in [0.25, 0.3) is 0 Å². The van der Waals surface area contributed by atoms with Crippen molar-refractivity contribution < 1.29 is 15.3 Å². The molecule has 0 amide bonds. The molecular weight excluding hydrogens is 396 g/mol. The van der Waals surface area contributed by atoms with Crippen molar-refractivity contribution in [2.75, 3.05) is 0 Å². The molecule has 3 aromatic rings. The Hall–Kier alpha value is -2.94. The van der Waals surface area contributed by atoms with Crippen LogP contribution >= 0.6 is 0 Å². The Kier molecular flexibility index (Phi) is 7.18. The highest BCUT2D eigenvalue weighted by Crippen LogP contribution is 2.35. The summed E-state index contributed by atoms with van der Waals surface area (Å²) < 4.78 is 0. The van der Waals surface area contributed by atoms with Crippen LogP contribution in [-0.4, -0.2) is 15.3 Å². The van der Waals surface area contributed by atoms with E-state index >= 15 is 0 Å². The molecule has 0 saturated carbocycles. The summed E-state index contributed by atoms with van der Waals surface area (Å²) in [4.78, 5) is 0. The second-order valence-corrected chi connectivity index (χ2v) is 9.78. The number of rotatable bonds is 7. The van der Waals surface area contributed by atoms with Crippen molar-refractivity contribution in [3.8, 4) is 17.2 Å². The first-order chi connectivity index (χ1) is 15.1. The molecule has 0 spiro atoms. The molecule has 3 rings (SSSR count). The molecule has 0 saturated heterocycles. The summed E-state index contributed by atoms with van der Waals surface area (Å²) in [6, 6.07) is 15.5. The van der Waals surface area contributed by atoms with Crippen molar-refractivity contribution >= 4 is 0 Å². The third-order valence-electron chi connectivity index (χ3n) is 6.26. The molecule has 3 aromatic carbocycles. The first-order valence-electron chi connectivity index (χ1n) is 11.5. The zero-order valence-corrected chi connectivity index (χ0v) is 20.1. The lowest BCUT2D eigenvalue weighted by Crippen LogP contribution is -2.01. The highest BCUT2D eigenvalue weighted by atomic mass is 16.3. The minimum Gasteiger partial charge on any atom is -0.508 e. The monoisotopic (exact) mass is 432 g/mol. The molecule has 3 N–H and O–H groups in total. The SMILES string of the molecule is CC(C)c1ccc(O)c(Cc2cc(C(C)C)cc(Cc3cc(C(C)C)ccc3O)c2O)c1. The lowest BCUT2D eigenvalue weighted by Gasteiger charge is -2.17. The van der Waals surface area contributed by atoms with Gasteiger partial charge in [-0.05, 0) is 68.8 Å². The number of hydrogen-bond acceptors (Lipinski definition) is 3. The van der Waals surface area contributed by atoms with Crippen LogP contribution in [0.1, 0.15) is 98.2 Å². The molecule has 170 valence electrons. The minimum atomic E-state index is 0.234. The predicted molar refractivity (Wildman–Crippen MR) is 132 cm³/mol. The molecule has 0 unspecified atom stereocenters. The van der Waals surface area contributed by atoms with E-state index in [2.05, 4.69) is 41.5 Å². The number of benzene rings is 3. The summed E-state index contributed by atoms with van der Waals surface area (Å²) in [6.45, 7) is 12.8. The second-order valence-electron chi connectivity index (χ2n) is 9.78. The Bertz CT molecular complexity index is 1010. The quantitative estimate of drug-likeness (QED) is 0.366.